The number of hydrogen-bond acceptors (Lipinski definition) is 5. The van der Waals surface area contributed by atoms with Crippen molar-refractivity contribution in [3.8, 4) is 0 Å². The SMILES string of the molecule is C1CCC(O[Si](CCCOCC2CO2)(OC2CCCC2)OC2CCCC2)C1. The molecule has 1 saturated heterocycles. The molecule has 0 aromatic rings. The van der Waals surface area contributed by atoms with E-state index in [0.29, 0.717) is 24.4 Å². The van der Waals surface area contributed by atoms with Gasteiger partial charge in [-0.05, 0) is 44.9 Å². The van der Waals surface area contributed by atoms with Crippen molar-refractivity contribution in [3.63, 3.8) is 0 Å². The van der Waals surface area contributed by atoms with Gasteiger partial charge in [0.1, 0.15) is 6.10 Å². The van der Waals surface area contributed by atoms with E-state index in [1.54, 1.807) is 0 Å². The number of ether oxygens (including phenoxy) is 2. The summed E-state index contributed by atoms with van der Waals surface area (Å²) < 4.78 is 31.4. The lowest BCUT2D eigenvalue weighted by atomic mass is 10.3. The van der Waals surface area contributed by atoms with Crippen molar-refractivity contribution in [1.82, 2.24) is 0 Å². The molecule has 1 unspecified atom stereocenters. The molecule has 0 bridgehead atoms. The average Bonchev–Trinajstić information content (AvgIpc) is 3.09. The first-order valence-corrected chi connectivity index (χ1v) is 13.5. The average molecular weight is 399 g/mol. The van der Waals surface area contributed by atoms with Crippen molar-refractivity contribution in [2.45, 2.75) is 114 Å². The summed E-state index contributed by atoms with van der Waals surface area (Å²) in [5.74, 6) is 0. The van der Waals surface area contributed by atoms with Gasteiger partial charge in [0.05, 0.1) is 13.2 Å². The highest BCUT2D eigenvalue weighted by molar-refractivity contribution is 6.60. The van der Waals surface area contributed by atoms with Crippen LogP contribution in [0.3, 0.4) is 0 Å². The number of epoxide rings is 1. The predicted octanol–water partition coefficient (Wildman–Crippen LogP) is 4.61. The van der Waals surface area contributed by atoms with Gasteiger partial charge < -0.3 is 22.8 Å². The van der Waals surface area contributed by atoms with Crippen LogP contribution in [0, 0.1) is 0 Å². The van der Waals surface area contributed by atoms with Gasteiger partial charge in [-0.3, -0.25) is 0 Å². The Morgan fingerprint density at radius 3 is 1.56 bits per heavy atom. The third kappa shape index (κ3) is 6.51. The van der Waals surface area contributed by atoms with E-state index in [1.807, 2.05) is 0 Å². The molecule has 0 N–H and O–H groups in total. The monoisotopic (exact) mass is 398 g/mol. The Balaban J connectivity index is 1.37. The van der Waals surface area contributed by atoms with Crippen LogP contribution >= 0.6 is 0 Å². The fraction of sp³-hybridized carbons (Fsp3) is 1.00. The summed E-state index contributed by atoms with van der Waals surface area (Å²) in [5.41, 5.74) is 0. The molecule has 4 fully saturated rings. The van der Waals surface area contributed by atoms with Crippen LogP contribution in [-0.4, -0.2) is 53.0 Å². The lowest BCUT2D eigenvalue weighted by molar-refractivity contribution is -0.0175. The van der Waals surface area contributed by atoms with Crippen molar-refractivity contribution in [2.75, 3.05) is 19.8 Å². The smallest absolute Gasteiger partial charge is 0.379 e. The number of rotatable bonds is 12. The molecule has 27 heavy (non-hydrogen) atoms. The molecule has 156 valence electrons. The normalized spacial score (nSPS) is 27.8. The van der Waals surface area contributed by atoms with E-state index in [2.05, 4.69) is 0 Å². The second kappa shape index (κ2) is 10.2. The highest BCUT2D eigenvalue weighted by Gasteiger charge is 2.48. The van der Waals surface area contributed by atoms with Crippen LogP contribution in [0.5, 0.6) is 0 Å². The van der Waals surface area contributed by atoms with Crippen molar-refractivity contribution < 1.29 is 22.8 Å². The molecule has 4 aliphatic rings. The number of hydrogen-bond donors (Lipinski definition) is 0. The van der Waals surface area contributed by atoms with E-state index >= 15 is 0 Å². The molecule has 1 atom stereocenters. The van der Waals surface area contributed by atoms with Gasteiger partial charge in [0.25, 0.3) is 0 Å². The third-order valence-electron chi connectivity index (χ3n) is 6.42. The summed E-state index contributed by atoms with van der Waals surface area (Å²) in [6.07, 6.45) is 17.1. The zero-order valence-corrected chi connectivity index (χ0v) is 17.9. The minimum Gasteiger partial charge on any atom is -0.379 e. The Hall–Kier alpha value is 0.0169. The van der Waals surface area contributed by atoms with Gasteiger partial charge in [0.2, 0.25) is 0 Å². The molecule has 0 aromatic carbocycles. The standard InChI is InChI=1S/C21H38O5Si/c1-2-9-18(8-1)24-27(25-19-10-3-4-11-19,26-20-12-5-6-13-20)15-7-14-22-16-21-17-23-21/h18-21H,1-17H2. The van der Waals surface area contributed by atoms with Crippen LogP contribution in [0.25, 0.3) is 0 Å². The van der Waals surface area contributed by atoms with E-state index in [9.17, 15) is 0 Å². The Bertz CT molecular complexity index is 381. The van der Waals surface area contributed by atoms with Crippen LogP contribution in [0.15, 0.2) is 0 Å². The van der Waals surface area contributed by atoms with Gasteiger partial charge in [-0.25, -0.2) is 0 Å². The van der Waals surface area contributed by atoms with E-state index in [1.165, 1.54) is 77.0 Å². The van der Waals surface area contributed by atoms with Crippen LogP contribution < -0.4 is 0 Å². The van der Waals surface area contributed by atoms with Crippen LogP contribution in [0.2, 0.25) is 6.04 Å². The van der Waals surface area contributed by atoms with E-state index < -0.39 is 8.80 Å². The van der Waals surface area contributed by atoms with Gasteiger partial charge in [0.15, 0.2) is 0 Å². The molecular weight excluding hydrogens is 360 g/mol. The third-order valence-corrected chi connectivity index (χ3v) is 9.47. The predicted molar refractivity (Wildman–Crippen MR) is 106 cm³/mol. The van der Waals surface area contributed by atoms with Gasteiger partial charge in [-0.1, -0.05) is 38.5 Å². The van der Waals surface area contributed by atoms with Gasteiger partial charge >= 0.3 is 8.80 Å². The van der Waals surface area contributed by atoms with Crippen LogP contribution in [0.4, 0.5) is 0 Å². The summed E-state index contributed by atoms with van der Waals surface area (Å²) >= 11 is 0. The second-order valence-corrected chi connectivity index (χ2v) is 11.5. The lowest BCUT2D eigenvalue weighted by Crippen LogP contribution is -2.52. The molecule has 3 aliphatic carbocycles. The van der Waals surface area contributed by atoms with Crippen molar-refractivity contribution in [1.29, 1.82) is 0 Å². The second-order valence-electron chi connectivity index (χ2n) is 8.89. The molecule has 0 amide bonds. The quantitative estimate of drug-likeness (QED) is 0.273. The van der Waals surface area contributed by atoms with Gasteiger partial charge in [0, 0.05) is 31.0 Å². The molecule has 5 nitrogen and oxygen atoms in total. The zero-order valence-electron chi connectivity index (χ0n) is 16.9. The molecular formula is C21H38O5Si. The molecule has 6 heteroatoms. The maximum Gasteiger partial charge on any atom is 0.501 e. The highest BCUT2D eigenvalue weighted by atomic mass is 28.4. The van der Waals surface area contributed by atoms with Gasteiger partial charge in [-0.15, -0.1) is 0 Å². The highest BCUT2D eigenvalue weighted by Crippen LogP contribution is 2.35. The molecule has 1 heterocycles. The summed E-state index contributed by atoms with van der Waals surface area (Å²) in [6.45, 7) is 2.34. The first-order valence-electron chi connectivity index (χ1n) is 11.5. The van der Waals surface area contributed by atoms with Gasteiger partial charge in [-0.2, -0.15) is 0 Å². The minimum absolute atomic E-state index is 0.339. The van der Waals surface area contributed by atoms with Crippen molar-refractivity contribution in [3.05, 3.63) is 0 Å². The first-order chi connectivity index (χ1) is 13.3. The summed E-state index contributed by atoms with van der Waals surface area (Å²) in [6, 6.07) is 0.905. The molecule has 4 rings (SSSR count). The van der Waals surface area contributed by atoms with E-state index in [-0.39, 0.29) is 0 Å². The summed E-state index contributed by atoms with van der Waals surface area (Å²) in [7, 11) is -2.66. The first kappa shape index (κ1) is 20.3. The molecule has 3 saturated carbocycles. The lowest BCUT2D eigenvalue weighted by Gasteiger charge is -2.36. The van der Waals surface area contributed by atoms with Crippen LogP contribution in [0.1, 0.15) is 83.5 Å². The van der Waals surface area contributed by atoms with Crippen LogP contribution in [-0.2, 0) is 22.8 Å². The topological polar surface area (TPSA) is 49.5 Å². The Labute approximate surface area is 165 Å². The maximum absolute atomic E-state index is 6.78. The zero-order chi connectivity index (χ0) is 18.4. The summed E-state index contributed by atoms with van der Waals surface area (Å²) in [5, 5.41) is 0. The molecule has 0 radical (unpaired) electrons. The Kier molecular flexibility index (Phi) is 7.64. The Morgan fingerprint density at radius 2 is 1.15 bits per heavy atom. The van der Waals surface area contributed by atoms with E-state index in [4.69, 9.17) is 22.8 Å². The van der Waals surface area contributed by atoms with Crippen molar-refractivity contribution >= 4 is 8.80 Å². The maximum atomic E-state index is 6.78. The van der Waals surface area contributed by atoms with E-state index in [0.717, 1.165) is 32.3 Å². The molecule has 1 aliphatic heterocycles. The minimum atomic E-state index is -2.66. The Morgan fingerprint density at radius 1 is 0.704 bits per heavy atom. The summed E-state index contributed by atoms with van der Waals surface area (Å²) in [4.78, 5) is 0. The fourth-order valence-corrected chi connectivity index (χ4v) is 8.14. The molecule has 0 spiro atoms. The fourth-order valence-electron chi connectivity index (χ4n) is 4.81. The molecule has 0 aromatic heterocycles. The van der Waals surface area contributed by atoms with Crippen molar-refractivity contribution in [2.24, 2.45) is 0 Å². The largest absolute Gasteiger partial charge is 0.501 e.